The van der Waals surface area contributed by atoms with Gasteiger partial charge in [0, 0.05) is 5.56 Å². The maximum Gasteiger partial charge on any atom is 0.435 e. The lowest BCUT2D eigenvalue weighted by molar-refractivity contribution is 0.0604. The third-order valence-electron chi connectivity index (χ3n) is 1.75. The number of benzene rings is 1. The van der Waals surface area contributed by atoms with Crippen LogP contribution in [0.15, 0.2) is 35.3 Å². The van der Waals surface area contributed by atoms with Crippen LogP contribution in [0.25, 0.3) is 0 Å². The van der Waals surface area contributed by atoms with Crippen LogP contribution in [0.3, 0.4) is 0 Å². The second kappa shape index (κ2) is 5.26. The van der Waals surface area contributed by atoms with Crippen LogP contribution in [-0.4, -0.2) is 17.4 Å². The van der Waals surface area contributed by atoms with Gasteiger partial charge in [-0.25, -0.2) is 4.79 Å². The molecule has 1 amide bonds. The molecule has 0 saturated carbocycles. The molecular formula is C13H14N2O2. The standard InChI is InChI=1S/C13H14N2O2/c1-13(2,3)17-12(16)15-11(9-14)10-7-5-4-6-8-10/h4-8H,1-3H3. The number of hydrogen-bond acceptors (Lipinski definition) is 3. The smallest absolute Gasteiger partial charge is 0.435 e. The molecule has 0 aliphatic heterocycles. The molecule has 0 heterocycles. The fourth-order valence-corrected chi connectivity index (χ4v) is 1.13. The predicted octanol–water partition coefficient (Wildman–Crippen LogP) is 2.93. The van der Waals surface area contributed by atoms with Crippen molar-refractivity contribution in [1.82, 2.24) is 0 Å². The van der Waals surface area contributed by atoms with Crippen LogP contribution < -0.4 is 0 Å². The molecule has 1 aromatic carbocycles. The van der Waals surface area contributed by atoms with Crippen molar-refractivity contribution < 1.29 is 9.53 Å². The second-order valence-corrected chi connectivity index (χ2v) is 4.42. The van der Waals surface area contributed by atoms with E-state index >= 15 is 0 Å². The minimum Gasteiger partial charge on any atom is -0.442 e. The molecule has 17 heavy (non-hydrogen) atoms. The Morgan fingerprint density at radius 2 is 1.88 bits per heavy atom. The lowest BCUT2D eigenvalue weighted by Gasteiger charge is -2.17. The summed E-state index contributed by atoms with van der Waals surface area (Å²) in [4.78, 5) is 15.1. The van der Waals surface area contributed by atoms with Gasteiger partial charge in [-0.3, -0.25) is 0 Å². The number of amides is 1. The van der Waals surface area contributed by atoms with Crippen LogP contribution in [0.4, 0.5) is 4.79 Å². The normalized spacial score (nSPS) is 11.8. The molecule has 0 fully saturated rings. The Morgan fingerprint density at radius 3 is 2.35 bits per heavy atom. The van der Waals surface area contributed by atoms with Gasteiger partial charge in [-0.15, -0.1) is 0 Å². The Balaban J connectivity index is 2.90. The molecule has 1 rings (SSSR count). The van der Waals surface area contributed by atoms with Crippen molar-refractivity contribution in [3.05, 3.63) is 35.9 Å². The van der Waals surface area contributed by atoms with E-state index in [0.717, 1.165) is 0 Å². The van der Waals surface area contributed by atoms with E-state index in [-0.39, 0.29) is 5.71 Å². The van der Waals surface area contributed by atoms with Crippen LogP contribution in [0.1, 0.15) is 26.3 Å². The van der Waals surface area contributed by atoms with E-state index in [0.29, 0.717) is 5.56 Å². The van der Waals surface area contributed by atoms with Crippen molar-refractivity contribution in [1.29, 1.82) is 5.26 Å². The quantitative estimate of drug-likeness (QED) is 0.697. The summed E-state index contributed by atoms with van der Waals surface area (Å²) in [6.45, 7) is 5.24. The number of hydrogen-bond donors (Lipinski definition) is 0. The molecule has 0 aliphatic carbocycles. The van der Waals surface area contributed by atoms with E-state index in [9.17, 15) is 4.79 Å². The van der Waals surface area contributed by atoms with E-state index < -0.39 is 11.7 Å². The number of carbonyl (C=O) groups is 1. The van der Waals surface area contributed by atoms with Crippen molar-refractivity contribution in [3.8, 4) is 6.07 Å². The lowest BCUT2D eigenvalue weighted by atomic mass is 10.1. The topological polar surface area (TPSA) is 62.4 Å². The fourth-order valence-electron chi connectivity index (χ4n) is 1.13. The lowest BCUT2D eigenvalue weighted by Crippen LogP contribution is -2.22. The number of aliphatic imine (C=N–C) groups is 1. The molecular weight excluding hydrogens is 216 g/mol. The van der Waals surface area contributed by atoms with Crippen LogP contribution in [0.2, 0.25) is 0 Å². The second-order valence-electron chi connectivity index (χ2n) is 4.42. The first-order chi connectivity index (χ1) is 7.92. The summed E-state index contributed by atoms with van der Waals surface area (Å²) in [5, 5.41) is 8.94. The first-order valence-electron chi connectivity index (χ1n) is 5.19. The van der Waals surface area contributed by atoms with Crippen LogP contribution in [-0.2, 0) is 4.74 Å². The number of rotatable bonds is 1. The average molecular weight is 230 g/mol. The highest BCUT2D eigenvalue weighted by molar-refractivity contribution is 6.14. The predicted molar refractivity (Wildman–Crippen MR) is 64.8 cm³/mol. The van der Waals surface area contributed by atoms with Gasteiger partial charge >= 0.3 is 6.09 Å². The minimum atomic E-state index is -0.752. The number of nitrogens with zero attached hydrogens (tertiary/aromatic N) is 2. The van der Waals surface area contributed by atoms with E-state index in [1.165, 1.54) is 0 Å². The Kier molecular flexibility index (Phi) is 4.00. The largest absolute Gasteiger partial charge is 0.442 e. The summed E-state index contributed by atoms with van der Waals surface area (Å²) >= 11 is 0. The van der Waals surface area contributed by atoms with Gasteiger partial charge in [0.25, 0.3) is 0 Å². The van der Waals surface area contributed by atoms with Gasteiger partial charge in [-0.05, 0) is 20.8 Å². The van der Waals surface area contributed by atoms with Crippen molar-refractivity contribution in [2.24, 2.45) is 4.99 Å². The summed E-state index contributed by atoms with van der Waals surface area (Å²) < 4.78 is 5.01. The third kappa shape index (κ3) is 4.47. The summed E-state index contributed by atoms with van der Waals surface area (Å²) in [6.07, 6.45) is -0.752. The molecule has 0 atom stereocenters. The van der Waals surface area contributed by atoms with Gasteiger partial charge in [-0.2, -0.15) is 10.3 Å². The van der Waals surface area contributed by atoms with Crippen molar-refractivity contribution in [2.45, 2.75) is 26.4 Å². The number of carbonyl (C=O) groups excluding carboxylic acids is 1. The van der Waals surface area contributed by atoms with Crippen LogP contribution in [0, 0.1) is 11.3 Å². The maximum absolute atomic E-state index is 11.4. The van der Waals surface area contributed by atoms with E-state index in [2.05, 4.69) is 4.99 Å². The maximum atomic E-state index is 11.4. The zero-order valence-electron chi connectivity index (χ0n) is 10.1. The highest BCUT2D eigenvalue weighted by atomic mass is 16.6. The SMILES string of the molecule is CC(C)(C)OC(=O)N=C(C#N)c1ccccc1. The molecule has 0 radical (unpaired) electrons. The summed E-state index contributed by atoms with van der Waals surface area (Å²) in [5.41, 5.74) is 0.0402. The molecule has 0 unspecified atom stereocenters. The zero-order valence-corrected chi connectivity index (χ0v) is 10.1. The highest BCUT2D eigenvalue weighted by Crippen LogP contribution is 2.09. The number of ether oxygens (including phenoxy) is 1. The Morgan fingerprint density at radius 1 is 1.29 bits per heavy atom. The fraction of sp³-hybridized carbons (Fsp3) is 0.308. The van der Waals surface area contributed by atoms with E-state index in [4.69, 9.17) is 10.00 Å². The highest BCUT2D eigenvalue weighted by Gasteiger charge is 2.16. The van der Waals surface area contributed by atoms with E-state index in [1.54, 1.807) is 45.0 Å². The molecule has 0 N–H and O–H groups in total. The van der Waals surface area contributed by atoms with Crippen molar-refractivity contribution >= 4 is 11.8 Å². The van der Waals surface area contributed by atoms with E-state index in [1.807, 2.05) is 12.1 Å². The Hall–Kier alpha value is -2.15. The molecule has 0 bridgehead atoms. The summed E-state index contributed by atoms with van der Waals surface area (Å²) in [7, 11) is 0. The Labute approximate surface area is 101 Å². The van der Waals surface area contributed by atoms with Crippen LogP contribution in [0.5, 0.6) is 0 Å². The molecule has 0 spiro atoms. The molecule has 0 saturated heterocycles. The van der Waals surface area contributed by atoms with Crippen molar-refractivity contribution in [3.63, 3.8) is 0 Å². The molecule has 4 nitrogen and oxygen atoms in total. The number of nitriles is 1. The molecule has 4 heteroatoms. The van der Waals surface area contributed by atoms with Gasteiger partial charge < -0.3 is 4.74 Å². The minimum absolute atomic E-state index is 0.0554. The first kappa shape index (κ1) is 12.9. The van der Waals surface area contributed by atoms with Gasteiger partial charge in [0.05, 0.1) is 0 Å². The van der Waals surface area contributed by atoms with Crippen LogP contribution >= 0.6 is 0 Å². The average Bonchev–Trinajstić information content (AvgIpc) is 2.24. The van der Waals surface area contributed by atoms with Gasteiger partial charge in [0.2, 0.25) is 0 Å². The molecule has 1 aromatic rings. The van der Waals surface area contributed by atoms with Gasteiger partial charge in [0.1, 0.15) is 11.7 Å². The molecule has 0 aliphatic rings. The summed E-state index contributed by atoms with van der Waals surface area (Å²) in [6, 6.07) is 10.7. The third-order valence-corrected chi connectivity index (χ3v) is 1.75. The molecule has 0 aromatic heterocycles. The molecule has 88 valence electrons. The summed E-state index contributed by atoms with van der Waals surface area (Å²) in [5.74, 6) is 0. The Bertz CT molecular complexity index is 464. The van der Waals surface area contributed by atoms with Crippen molar-refractivity contribution in [2.75, 3.05) is 0 Å². The monoisotopic (exact) mass is 230 g/mol. The first-order valence-corrected chi connectivity index (χ1v) is 5.19. The van der Waals surface area contributed by atoms with Gasteiger partial charge in [-0.1, -0.05) is 30.3 Å². The zero-order chi connectivity index (χ0) is 12.9. The van der Waals surface area contributed by atoms with Gasteiger partial charge in [0.15, 0.2) is 5.71 Å².